The molecule has 0 aliphatic heterocycles. The summed E-state index contributed by atoms with van der Waals surface area (Å²) in [4.78, 5) is 12.4. The van der Waals surface area contributed by atoms with Crippen molar-refractivity contribution in [2.24, 2.45) is 0 Å². The van der Waals surface area contributed by atoms with Crippen molar-refractivity contribution in [3.8, 4) is 0 Å². The van der Waals surface area contributed by atoms with E-state index in [9.17, 15) is 4.79 Å². The van der Waals surface area contributed by atoms with Crippen LogP contribution in [-0.4, -0.2) is 5.78 Å². The lowest BCUT2D eigenvalue weighted by Gasteiger charge is -2.09. The molecule has 1 atom stereocenters. The molecule has 1 unspecified atom stereocenters. The molecule has 0 amide bonds. The van der Waals surface area contributed by atoms with Crippen LogP contribution in [0.4, 0.5) is 0 Å². The zero-order chi connectivity index (χ0) is 13.3. The number of carbonyl (C=O) groups excluding carboxylic acids is 1. The highest BCUT2D eigenvalue weighted by Crippen LogP contribution is 2.32. The second-order valence-corrected chi connectivity index (χ2v) is 5.45. The Balaban J connectivity index is 2.61. The van der Waals surface area contributed by atoms with Gasteiger partial charge in [-0.2, -0.15) is 0 Å². The summed E-state index contributed by atoms with van der Waals surface area (Å²) in [5.74, 6) is -0.238. The molecule has 5 heteroatoms. The maximum atomic E-state index is 12.4. The van der Waals surface area contributed by atoms with Crippen LogP contribution in [0, 0.1) is 0 Å². The predicted octanol–water partition coefficient (Wildman–Crippen LogP) is 4.38. The lowest BCUT2D eigenvalue weighted by Crippen LogP contribution is -2.11. The number of benzene rings is 2. The summed E-state index contributed by atoms with van der Waals surface area (Å²) in [7, 11) is 2.51. The molecule has 18 heavy (non-hydrogen) atoms. The first-order valence-corrected chi connectivity index (χ1v) is 6.76. The molecular weight excluding hydrogens is 309 g/mol. The van der Waals surface area contributed by atoms with Gasteiger partial charge in [-0.15, -0.1) is 9.24 Å². The van der Waals surface area contributed by atoms with Crippen molar-refractivity contribution in [2.75, 3.05) is 0 Å². The number of ketones is 1. The monoisotopic (exact) mass is 316 g/mol. The molecule has 0 aliphatic carbocycles. The van der Waals surface area contributed by atoms with Gasteiger partial charge in [0.25, 0.3) is 0 Å². The van der Waals surface area contributed by atoms with Crippen molar-refractivity contribution in [1.29, 1.82) is 0 Å². The van der Waals surface area contributed by atoms with E-state index >= 15 is 0 Å². The van der Waals surface area contributed by atoms with Crippen molar-refractivity contribution in [2.45, 2.75) is 0 Å². The maximum Gasteiger partial charge on any atom is 0.196 e. The molecule has 0 radical (unpaired) electrons. The van der Waals surface area contributed by atoms with Gasteiger partial charge in [-0.1, -0.05) is 59.1 Å². The molecule has 0 bridgehead atoms. The summed E-state index contributed by atoms with van der Waals surface area (Å²) in [5.41, 5.74) is 0.773. The third-order valence-corrected chi connectivity index (χ3v) is 4.10. The highest BCUT2D eigenvalue weighted by molar-refractivity contribution is 7.27. The first-order valence-electron chi connectivity index (χ1n) is 5.05. The van der Waals surface area contributed by atoms with Crippen LogP contribution in [-0.2, 0) is 0 Å². The Kier molecular flexibility index (Phi) is 4.29. The fraction of sp³-hybridized carbons (Fsp3) is 0. The Morgan fingerprint density at radius 2 is 1.56 bits per heavy atom. The topological polar surface area (TPSA) is 17.1 Å². The highest BCUT2D eigenvalue weighted by atomic mass is 35.5. The molecule has 0 N–H and O–H groups in total. The fourth-order valence-electron chi connectivity index (χ4n) is 1.57. The predicted molar refractivity (Wildman–Crippen MR) is 80.7 cm³/mol. The van der Waals surface area contributed by atoms with Gasteiger partial charge in [0.05, 0.1) is 20.6 Å². The maximum absolute atomic E-state index is 12.4. The summed E-state index contributed by atoms with van der Waals surface area (Å²) >= 11 is 18.0. The minimum absolute atomic E-state index is 0.183. The average molecular weight is 318 g/mol. The standard InChI is InChI=1S/C13H8Cl3OP/c14-8-5-6-9(15)12(16)11(8)13(17)7-3-1-2-4-10(7)18/h1-6H,18H2. The van der Waals surface area contributed by atoms with Crippen molar-refractivity contribution in [3.05, 3.63) is 62.6 Å². The molecule has 0 aromatic heterocycles. The van der Waals surface area contributed by atoms with Gasteiger partial charge in [-0.05, 0) is 17.4 Å². The molecule has 0 fully saturated rings. The Morgan fingerprint density at radius 1 is 0.944 bits per heavy atom. The van der Waals surface area contributed by atoms with Gasteiger partial charge in [0, 0.05) is 5.56 Å². The van der Waals surface area contributed by atoms with Gasteiger partial charge in [-0.25, -0.2) is 0 Å². The van der Waals surface area contributed by atoms with Gasteiger partial charge in [0.15, 0.2) is 5.78 Å². The minimum Gasteiger partial charge on any atom is -0.288 e. The number of rotatable bonds is 2. The second kappa shape index (κ2) is 5.59. The third-order valence-electron chi connectivity index (χ3n) is 2.48. The van der Waals surface area contributed by atoms with Crippen LogP contribution in [0.3, 0.4) is 0 Å². The summed E-state index contributed by atoms with van der Waals surface area (Å²) in [6.45, 7) is 0. The van der Waals surface area contributed by atoms with E-state index in [1.54, 1.807) is 24.3 Å². The van der Waals surface area contributed by atoms with E-state index in [0.717, 1.165) is 5.30 Å². The van der Waals surface area contributed by atoms with Crippen LogP contribution in [0.25, 0.3) is 0 Å². The van der Waals surface area contributed by atoms with Crippen molar-refractivity contribution < 1.29 is 4.79 Å². The summed E-state index contributed by atoms with van der Waals surface area (Å²) in [5, 5.41) is 1.57. The molecular formula is C13H8Cl3OP. The normalized spacial score (nSPS) is 10.4. The van der Waals surface area contributed by atoms with E-state index in [1.165, 1.54) is 0 Å². The zero-order valence-electron chi connectivity index (χ0n) is 9.08. The van der Waals surface area contributed by atoms with E-state index in [2.05, 4.69) is 9.24 Å². The lowest BCUT2D eigenvalue weighted by atomic mass is 10.0. The Morgan fingerprint density at radius 3 is 2.22 bits per heavy atom. The van der Waals surface area contributed by atoms with E-state index in [-0.39, 0.29) is 16.4 Å². The van der Waals surface area contributed by atoms with Crippen LogP contribution in [0.1, 0.15) is 15.9 Å². The molecule has 2 aromatic rings. The Bertz CT molecular complexity index is 626. The molecule has 0 aliphatic rings. The van der Waals surface area contributed by atoms with Gasteiger partial charge in [0.2, 0.25) is 0 Å². The smallest absolute Gasteiger partial charge is 0.196 e. The van der Waals surface area contributed by atoms with Crippen molar-refractivity contribution >= 4 is 55.1 Å². The first kappa shape index (κ1) is 13.8. The number of halogens is 3. The molecule has 0 saturated heterocycles. The lowest BCUT2D eigenvalue weighted by molar-refractivity contribution is 0.104. The van der Waals surface area contributed by atoms with Gasteiger partial charge in [-0.3, -0.25) is 4.79 Å². The first-order chi connectivity index (χ1) is 8.52. The summed E-state index contributed by atoms with van der Waals surface area (Å²) < 4.78 is 0. The molecule has 0 saturated carbocycles. The van der Waals surface area contributed by atoms with E-state index in [1.807, 2.05) is 12.1 Å². The highest BCUT2D eigenvalue weighted by Gasteiger charge is 2.19. The van der Waals surface area contributed by atoms with Crippen LogP contribution in [0.2, 0.25) is 15.1 Å². The van der Waals surface area contributed by atoms with Crippen molar-refractivity contribution in [1.82, 2.24) is 0 Å². The van der Waals surface area contributed by atoms with Crippen molar-refractivity contribution in [3.63, 3.8) is 0 Å². The number of hydrogen-bond acceptors (Lipinski definition) is 1. The molecule has 2 rings (SSSR count). The van der Waals surface area contributed by atoms with E-state index < -0.39 is 0 Å². The van der Waals surface area contributed by atoms with Crippen LogP contribution < -0.4 is 5.30 Å². The molecule has 0 spiro atoms. The minimum atomic E-state index is -0.238. The summed E-state index contributed by atoms with van der Waals surface area (Å²) in [6, 6.07) is 10.3. The SMILES string of the molecule is O=C(c1ccccc1P)c1c(Cl)ccc(Cl)c1Cl. The van der Waals surface area contributed by atoms with E-state index in [0.29, 0.717) is 15.6 Å². The summed E-state index contributed by atoms with van der Waals surface area (Å²) in [6.07, 6.45) is 0. The van der Waals surface area contributed by atoms with E-state index in [4.69, 9.17) is 34.8 Å². The molecule has 0 heterocycles. The third kappa shape index (κ3) is 2.55. The number of hydrogen-bond donors (Lipinski definition) is 0. The Labute approximate surface area is 122 Å². The second-order valence-electron chi connectivity index (χ2n) is 3.63. The molecule has 1 nitrogen and oxygen atoms in total. The van der Waals surface area contributed by atoms with Crippen LogP contribution in [0.15, 0.2) is 36.4 Å². The van der Waals surface area contributed by atoms with Gasteiger partial charge < -0.3 is 0 Å². The zero-order valence-corrected chi connectivity index (χ0v) is 12.5. The number of carbonyl (C=O) groups is 1. The van der Waals surface area contributed by atoms with Gasteiger partial charge in [0.1, 0.15) is 0 Å². The largest absolute Gasteiger partial charge is 0.288 e. The quantitative estimate of drug-likeness (QED) is 0.456. The van der Waals surface area contributed by atoms with Crippen LogP contribution >= 0.6 is 44.0 Å². The fourth-order valence-corrected chi connectivity index (χ4v) is 2.61. The average Bonchev–Trinajstić information content (AvgIpc) is 2.35. The van der Waals surface area contributed by atoms with Crippen LogP contribution in [0.5, 0.6) is 0 Å². The molecule has 92 valence electrons. The molecule has 2 aromatic carbocycles. The Hall–Kier alpha value is -0.590. The van der Waals surface area contributed by atoms with Gasteiger partial charge >= 0.3 is 0 Å².